The van der Waals surface area contributed by atoms with Gasteiger partial charge in [-0.25, -0.2) is 0 Å². The minimum absolute atomic E-state index is 0.912. The summed E-state index contributed by atoms with van der Waals surface area (Å²) in [6.07, 6.45) is 0. The van der Waals surface area contributed by atoms with Crippen LogP contribution in [0, 0.1) is 0 Å². The standard InChI is InChI=1S/C15H12OS/c1-16-13-7-8-14-12(9-13)10-17-15(14)11-5-3-2-4-6-11/h2-10H,1H3. The van der Waals surface area contributed by atoms with E-state index in [9.17, 15) is 0 Å². The Morgan fingerprint density at radius 2 is 1.82 bits per heavy atom. The lowest BCUT2D eigenvalue weighted by Gasteiger charge is -2.01. The van der Waals surface area contributed by atoms with Gasteiger partial charge in [0.15, 0.2) is 0 Å². The Kier molecular flexibility index (Phi) is 2.57. The van der Waals surface area contributed by atoms with E-state index in [-0.39, 0.29) is 0 Å². The molecule has 3 aromatic rings. The van der Waals surface area contributed by atoms with Crippen molar-refractivity contribution in [2.45, 2.75) is 0 Å². The van der Waals surface area contributed by atoms with Gasteiger partial charge in [-0.05, 0) is 34.5 Å². The third-order valence-corrected chi connectivity index (χ3v) is 3.91. The van der Waals surface area contributed by atoms with Crippen LogP contribution in [-0.4, -0.2) is 7.11 Å². The summed E-state index contributed by atoms with van der Waals surface area (Å²) in [5.74, 6) is 0.912. The van der Waals surface area contributed by atoms with Crippen LogP contribution in [0.1, 0.15) is 0 Å². The zero-order valence-corrected chi connectivity index (χ0v) is 10.3. The molecule has 0 aliphatic carbocycles. The molecule has 0 amide bonds. The summed E-state index contributed by atoms with van der Waals surface area (Å²) < 4.78 is 5.24. The molecule has 0 radical (unpaired) electrons. The maximum atomic E-state index is 5.24. The van der Waals surface area contributed by atoms with Crippen molar-refractivity contribution in [3.8, 4) is 16.2 Å². The van der Waals surface area contributed by atoms with Crippen molar-refractivity contribution in [2.24, 2.45) is 0 Å². The van der Waals surface area contributed by atoms with Gasteiger partial charge in [-0.1, -0.05) is 30.3 Å². The fourth-order valence-electron chi connectivity index (χ4n) is 1.97. The predicted molar refractivity (Wildman–Crippen MR) is 73.8 cm³/mol. The van der Waals surface area contributed by atoms with Crippen LogP contribution >= 0.6 is 11.3 Å². The van der Waals surface area contributed by atoms with Gasteiger partial charge < -0.3 is 4.74 Å². The highest BCUT2D eigenvalue weighted by atomic mass is 32.1. The molecule has 3 rings (SSSR count). The molecule has 0 saturated carbocycles. The fourth-order valence-corrected chi connectivity index (χ4v) is 3.00. The number of benzene rings is 2. The highest BCUT2D eigenvalue weighted by molar-refractivity contribution is 7.15. The number of thiophene rings is 1. The van der Waals surface area contributed by atoms with Crippen molar-refractivity contribution in [1.29, 1.82) is 0 Å². The van der Waals surface area contributed by atoms with Crippen LogP contribution in [-0.2, 0) is 0 Å². The molecule has 0 bridgehead atoms. The number of hydrogen-bond donors (Lipinski definition) is 0. The molecular weight excluding hydrogens is 228 g/mol. The van der Waals surface area contributed by atoms with E-state index in [2.05, 4.69) is 41.8 Å². The van der Waals surface area contributed by atoms with Crippen molar-refractivity contribution in [3.05, 3.63) is 53.9 Å². The second-order valence-electron chi connectivity index (χ2n) is 3.88. The van der Waals surface area contributed by atoms with Gasteiger partial charge >= 0.3 is 0 Å². The number of fused-ring (bicyclic) bond motifs is 1. The number of rotatable bonds is 2. The van der Waals surface area contributed by atoms with Crippen molar-refractivity contribution in [1.82, 2.24) is 0 Å². The molecule has 0 spiro atoms. The molecule has 0 fully saturated rings. The van der Waals surface area contributed by atoms with Gasteiger partial charge in [-0.3, -0.25) is 0 Å². The molecule has 0 atom stereocenters. The van der Waals surface area contributed by atoms with Crippen molar-refractivity contribution in [3.63, 3.8) is 0 Å². The Labute approximate surface area is 104 Å². The second-order valence-corrected chi connectivity index (χ2v) is 4.76. The summed E-state index contributed by atoms with van der Waals surface area (Å²) in [5, 5.41) is 4.72. The van der Waals surface area contributed by atoms with E-state index in [0.717, 1.165) is 5.75 Å². The summed E-state index contributed by atoms with van der Waals surface area (Å²) in [6, 6.07) is 16.7. The molecule has 0 saturated heterocycles. The number of methoxy groups -OCH3 is 1. The lowest BCUT2D eigenvalue weighted by molar-refractivity contribution is 0.415. The van der Waals surface area contributed by atoms with Gasteiger partial charge in [0.2, 0.25) is 0 Å². The molecule has 0 unspecified atom stereocenters. The minimum atomic E-state index is 0.912. The normalized spacial score (nSPS) is 10.6. The van der Waals surface area contributed by atoms with Gasteiger partial charge in [0.1, 0.15) is 5.75 Å². The first kappa shape index (κ1) is 10.4. The molecule has 0 aliphatic rings. The lowest BCUT2D eigenvalue weighted by atomic mass is 10.1. The Morgan fingerprint density at radius 3 is 2.59 bits per heavy atom. The first-order chi connectivity index (χ1) is 8.38. The Morgan fingerprint density at radius 1 is 1.00 bits per heavy atom. The highest BCUT2D eigenvalue weighted by Crippen LogP contribution is 2.36. The highest BCUT2D eigenvalue weighted by Gasteiger charge is 2.06. The van der Waals surface area contributed by atoms with E-state index < -0.39 is 0 Å². The molecule has 84 valence electrons. The zero-order valence-electron chi connectivity index (χ0n) is 9.51. The van der Waals surface area contributed by atoms with Crippen LogP contribution in [0.25, 0.3) is 21.2 Å². The molecule has 17 heavy (non-hydrogen) atoms. The van der Waals surface area contributed by atoms with Crippen LogP contribution in [0.15, 0.2) is 53.9 Å². The quantitative estimate of drug-likeness (QED) is 0.637. The predicted octanol–water partition coefficient (Wildman–Crippen LogP) is 4.58. The average molecular weight is 240 g/mol. The van der Waals surface area contributed by atoms with E-state index in [4.69, 9.17) is 4.74 Å². The van der Waals surface area contributed by atoms with Gasteiger partial charge in [0, 0.05) is 10.3 Å². The third-order valence-electron chi connectivity index (χ3n) is 2.84. The van der Waals surface area contributed by atoms with Crippen molar-refractivity contribution >= 4 is 22.1 Å². The summed E-state index contributed by atoms with van der Waals surface area (Å²) in [6.45, 7) is 0. The molecule has 1 aromatic heterocycles. The van der Waals surface area contributed by atoms with E-state index in [1.807, 2.05) is 12.1 Å². The van der Waals surface area contributed by atoms with Crippen LogP contribution in [0.5, 0.6) is 5.75 Å². The summed E-state index contributed by atoms with van der Waals surface area (Å²) in [5.41, 5.74) is 1.28. The van der Waals surface area contributed by atoms with Crippen molar-refractivity contribution < 1.29 is 4.74 Å². The average Bonchev–Trinajstić information content (AvgIpc) is 2.82. The Bertz CT molecular complexity index is 640. The molecular formula is C15H12OS. The smallest absolute Gasteiger partial charge is 0.119 e. The Hall–Kier alpha value is -1.80. The van der Waals surface area contributed by atoms with Gasteiger partial charge in [0.05, 0.1) is 7.11 Å². The fraction of sp³-hybridized carbons (Fsp3) is 0.0667. The van der Waals surface area contributed by atoms with Gasteiger partial charge in [-0.2, -0.15) is 0 Å². The van der Waals surface area contributed by atoms with E-state index in [1.165, 1.54) is 21.2 Å². The molecule has 2 heteroatoms. The maximum Gasteiger partial charge on any atom is 0.119 e. The van der Waals surface area contributed by atoms with Crippen molar-refractivity contribution in [2.75, 3.05) is 7.11 Å². The molecule has 1 heterocycles. The van der Waals surface area contributed by atoms with E-state index >= 15 is 0 Å². The largest absolute Gasteiger partial charge is 0.497 e. The number of hydrogen-bond acceptors (Lipinski definition) is 2. The van der Waals surface area contributed by atoms with Gasteiger partial charge in [0.25, 0.3) is 0 Å². The molecule has 2 aromatic carbocycles. The maximum absolute atomic E-state index is 5.24. The lowest BCUT2D eigenvalue weighted by Crippen LogP contribution is -1.81. The van der Waals surface area contributed by atoms with Crippen LogP contribution in [0.2, 0.25) is 0 Å². The molecule has 0 N–H and O–H groups in total. The summed E-state index contributed by atoms with van der Waals surface area (Å²) in [7, 11) is 1.70. The monoisotopic (exact) mass is 240 g/mol. The first-order valence-corrected chi connectivity index (χ1v) is 6.37. The van der Waals surface area contributed by atoms with Crippen LogP contribution in [0.4, 0.5) is 0 Å². The SMILES string of the molecule is COc1ccc2c(-c3ccccc3)scc2c1. The summed E-state index contributed by atoms with van der Waals surface area (Å²) in [4.78, 5) is 1.32. The minimum Gasteiger partial charge on any atom is -0.497 e. The topological polar surface area (TPSA) is 9.23 Å². The van der Waals surface area contributed by atoms with Crippen LogP contribution in [0.3, 0.4) is 0 Å². The second kappa shape index (κ2) is 4.22. The molecule has 1 nitrogen and oxygen atoms in total. The third kappa shape index (κ3) is 1.81. The molecule has 0 aliphatic heterocycles. The van der Waals surface area contributed by atoms with E-state index in [0.29, 0.717) is 0 Å². The van der Waals surface area contributed by atoms with E-state index in [1.54, 1.807) is 18.4 Å². The number of ether oxygens (including phenoxy) is 1. The zero-order chi connectivity index (χ0) is 11.7. The van der Waals surface area contributed by atoms with Gasteiger partial charge in [-0.15, -0.1) is 11.3 Å². The van der Waals surface area contributed by atoms with Crippen LogP contribution < -0.4 is 4.74 Å². The first-order valence-electron chi connectivity index (χ1n) is 5.49. The summed E-state index contributed by atoms with van der Waals surface area (Å²) >= 11 is 1.78. The Balaban J connectivity index is 2.19.